The lowest BCUT2D eigenvalue weighted by atomic mass is 9.84. The first-order valence-corrected chi connectivity index (χ1v) is 11.4. The van der Waals surface area contributed by atoms with Crippen molar-refractivity contribution in [3.63, 3.8) is 0 Å². The number of amides is 3. The number of hydrogen-bond acceptors (Lipinski definition) is 4. The number of halogens is 1. The molecule has 0 bridgehead atoms. The van der Waals surface area contributed by atoms with E-state index in [1.165, 1.54) is 24.3 Å². The number of carbonyl (C=O) groups is 3. The molecule has 34 heavy (non-hydrogen) atoms. The summed E-state index contributed by atoms with van der Waals surface area (Å²) in [6.45, 7) is 5.82. The minimum absolute atomic E-state index is 0.326. The zero-order chi connectivity index (χ0) is 24.5. The highest BCUT2D eigenvalue weighted by Gasteiger charge is 2.52. The SMILES string of the molecule is CCCC[C@]1(c2ccc(F)cc2)NC(=O)N(CC(=O)c2cc(C)n(Cc3ccco3)c2C)C1=O. The number of nitrogens with one attached hydrogen (secondary N) is 1. The van der Waals surface area contributed by atoms with Crippen LogP contribution in [-0.2, 0) is 16.9 Å². The molecule has 1 fully saturated rings. The molecule has 1 saturated heterocycles. The summed E-state index contributed by atoms with van der Waals surface area (Å²) >= 11 is 0. The summed E-state index contributed by atoms with van der Waals surface area (Å²) in [4.78, 5) is 40.6. The molecule has 3 amide bonds. The lowest BCUT2D eigenvalue weighted by Crippen LogP contribution is -2.44. The van der Waals surface area contributed by atoms with Crippen LogP contribution in [0, 0.1) is 19.7 Å². The van der Waals surface area contributed by atoms with Crippen LogP contribution in [0.3, 0.4) is 0 Å². The fourth-order valence-electron chi connectivity index (χ4n) is 4.57. The average molecular weight is 466 g/mol. The van der Waals surface area contributed by atoms with Crippen LogP contribution in [0.5, 0.6) is 0 Å². The zero-order valence-corrected chi connectivity index (χ0v) is 19.6. The van der Waals surface area contributed by atoms with Gasteiger partial charge in [0.1, 0.15) is 17.1 Å². The van der Waals surface area contributed by atoms with Crippen molar-refractivity contribution in [2.75, 3.05) is 6.54 Å². The summed E-state index contributed by atoms with van der Waals surface area (Å²) in [6.07, 6.45) is 3.45. The fourth-order valence-corrected chi connectivity index (χ4v) is 4.57. The van der Waals surface area contributed by atoms with Crippen LogP contribution >= 0.6 is 0 Å². The van der Waals surface area contributed by atoms with Gasteiger partial charge in [0.2, 0.25) is 0 Å². The second-order valence-corrected chi connectivity index (χ2v) is 8.71. The van der Waals surface area contributed by atoms with E-state index in [0.717, 1.165) is 28.5 Å². The number of rotatable bonds is 9. The Hall–Kier alpha value is -3.68. The number of benzene rings is 1. The zero-order valence-electron chi connectivity index (χ0n) is 19.6. The first kappa shape index (κ1) is 23.5. The maximum absolute atomic E-state index is 13.5. The molecule has 3 heterocycles. The van der Waals surface area contributed by atoms with Crippen molar-refractivity contribution < 1.29 is 23.2 Å². The third-order valence-electron chi connectivity index (χ3n) is 6.49. The van der Waals surface area contributed by atoms with E-state index in [9.17, 15) is 18.8 Å². The van der Waals surface area contributed by atoms with E-state index >= 15 is 0 Å². The maximum atomic E-state index is 13.5. The predicted molar refractivity (Wildman–Crippen MR) is 124 cm³/mol. The van der Waals surface area contributed by atoms with Gasteiger partial charge >= 0.3 is 6.03 Å². The third kappa shape index (κ3) is 4.16. The Kier molecular flexibility index (Phi) is 6.41. The molecule has 0 unspecified atom stereocenters. The maximum Gasteiger partial charge on any atom is 0.325 e. The largest absolute Gasteiger partial charge is 0.467 e. The molecule has 8 heteroatoms. The number of carbonyl (C=O) groups excluding carboxylic acids is 3. The highest BCUT2D eigenvalue weighted by atomic mass is 19.1. The van der Waals surface area contributed by atoms with E-state index in [2.05, 4.69) is 5.32 Å². The molecular weight excluding hydrogens is 437 g/mol. The van der Waals surface area contributed by atoms with Gasteiger partial charge in [0.05, 0.1) is 19.4 Å². The van der Waals surface area contributed by atoms with Crippen LogP contribution < -0.4 is 5.32 Å². The van der Waals surface area contributed by atoms with Gasteiger partial charge < -0.3 is 14.3 Å². The van der Waals surface area contributed by atoms with Gasteiger partial charge in [0.25, 0.3) is 5.91 Å². The van der Waals surface area contributed by atoms with Gasteiger partial charge in [-0.3, -0.25) is 14.5 Å². The number of aryl methyl sites for hydroxylation is 1. The number of hydrogen-bond donors (Lipinski definition) is 1. The van der Waals surface area contributed by atoms with E-state index < -0.39 is 23.3 Å². The molecule has 1 aromatic carbocycles. The molecule has 4 rings (SSSR count). The van der Waals surface area contributed by atoms with Crippen LogP contribution in [-0.4, -0.2) is 33.7 Å². The third-order valence-corrected chi connectivity index (χ3v) is 6.49. The van der Waals surface area contributed by atoms with Gasteiger partial charge in [-0.2, -0.15) is 0 Å². The van der Waals surface area contributed by atoms with Crippen molar-refractivity contribution in [3.8, 4) is 0 Å². The second kappa shape index (κ2) is 9.29. The van der Waals surface area contributed by atoms with Crippen molar-refractivity contribution in [3.05, 3.63) is 82.8 Å². The lowest BCUT2D eigenvalue weighted by molar-refractivity contribution is -0.131. The second-order valence-electron chi connectivity index (χ2n) is 8.71. The minimum Gasteiger partial charge on any atom is -0.467 e. The summed E-state index contributed by atoms with van der Waals surface area (Å²) in [5.41, 5.74) is 1.27. The number of aromatic nitrogens is 1. The van der Waals surface area contributed by atoms with Crippen LogP contribution in [0.25, 0.3) is 0 Å². The quantitative estimate of drug-likeness (QED) is 0.367. The molecule has 7 nitrogen and oxygen atoms in total. The lowest BCUT2D eigenvalue weighted by Gasteiger charge is -2.27. The first-order valence-electron chi connectivity index (χ1n) is 11.4. The molecule has 1 aliphatic rings. The molecule has 1 aliphatic heterocycles. The van der Waals surface area contributed by atoms with Crippen LogP contribution in [0.2, 0.25) is 0 Å². The van der Waals surface area contributed by atoms with Gasteiger partial charge in [-0.05, 0) is 56.2 Å². The van der Waals surface area contributed by atoms with Crippen molar-refractivity contribution >= 4 is 17.7 Å². The van der Waals surface area contributed by atoms with E-state index in [-0.39, 0.29) is 12.3 Å². The number of unbranched alkanes of at least 4 members (excludes halogenated alkanes) is 1. The van der Waals surface area contributed by atoms with Gasteiger partial charge in [-0.25, -0.2) is 9.18 Å². The van der Waals surface area contributed by atoms with E-state index in [0.29, 0.717) is 30.5 Å². The number of furan rings is 1. The monoisotopic (exact) mass is 465 g/mol. The summed E-state index contributed by atoms with van der Waals surface area (Å²) in [7, 11) is 0. The smallest absolute Gasteiger partial charge is 0.325 e. The standard InChI is InChI=1S/C26H28FN3O4/c1-4-5-12-26(19-8-10-20(27)11-9-19)24(32)30(25(33)28-26)16-23(31)22-14-17(2)29(18(22)3)15-21-7-6-13-34-21/h6-11,13-14H,4-5,12,15-16H2,1-3H3,(H,28,33)/t26-/m1/s1. The van der Waals surface area contributed by atoms with Crippen molar-refractivity contribution in [1.82, 2.24) is 14.8 Å². The van der Waals surface area contributed by atoms with Crippen LogP contribution in [0.4, 0.5) is 9.18 Å². The molecule has 0 saturated carbocycles. The molecule has 0 aliphatic carbocycles. The Balaban J connectivity index is 1.59. The minimum atomic E-state index is -1.31. The summed E-state index contributed by atoms with van der Waals surface area (Å²) in [6, 6.07) is 10.4. The predicted octanol–water partition coefficient (Wildman–Crippen LogP) is 4.71. The number of ketones is 1. The molecule has 1 atom stereocenters. The number of imide groups is 1. The van der Waals surface area contributed by atoms with Gasteiger partial charge in [0, 0.05) is 17.0 Å². The Morgan fingerprint density at radius 3 is 2.53 bits per heavy atom. The van der Waals surface area contributed by atoms with E-state index in [4.69, 9.17) is 4.42 Å². The highest BCUT2D eigenvalue weighted by Crippen LogP contribution is 2.34. The van der Waals surface area contributed by atoms with Crippen LogP contribution in [0.1, 0.15) is 59.3 Å². The summed E-state index contributed by atoms with van der Waals surface area (Å²) in [5.74, 6) is -0.485. The Morgan fingerprint density at radius 1 is 1.15 bits per heavy atom. The fraction of sp³-hybridized carbons (Fsp3) is 0.346. The molecule has 3 aromatic rings. The average Bonchev–Trinajstić information content (AvgIpc) is 3.49. The number of Topliss-reactive ketones (excluding diaryl/α,β-unsaturated/α-hetero) is 1. The van der Waals surface area contributed by atoms with Crippen molar-refractivity contribution in [2.45, 2.75) is 52.1 Å². The first-order chi connectivity index (χ1) is 16.3. The number of nitrogens with zero attached hydrogens (tertiary/aromatic N) is 2. The molecule has 178 valence electrons. The van der Waals surface area contributed by atoms with Crippen molar-refractivity contribution in [2.24, 2.45) is 0 Å². The highest BCUT2D eigenvalue weighted by molar-refractivity contribution is 6.11. The molecule has 0 spiro atoms. The topological polar surface area (TPSA) is 84.6 Å². The van der Waals surface area contributed by atoms with Crippen molar-refractivity contribution in [1.29, 1.82) is 0 Å². The Morgan fingerprint density at radius 2 is 1.88 bits per heavy atom. The Labute approximate surface area is 197 Å². The molecule has 0 radical (unpaired) electrons. The molecule has 1 N–H and O–H groups in total. The van der Waals surface area contributed by atoms with Gasteiger partial charge in [-0.15, -0.1) is 0 Å². The van der Waals surface area contributed by atoms with Gasteiger partial charge in [0.15, 0.2) is 5.78 Å². The normalized spacial score (nSPS) is 17.9. The van der Waals surface area contributed by atoms with E-state index in [1.54, 1.807) is 18.4 Å². The Bertz CT molecular complexity index is 1210. The van der Waals surface area contributed by atoms with Gasteiger partial charge in [-0.1, -0.05) is 31.9 Å². The van der Waals surface area contributed by atoms with Crippen LogP contribution in [0.15, 0.2) is 53.1 Å². The van der Waals surface area contributed by atoms with E-state index in [1.807, 2.05) is 31.4 Å². The molecular formula is C26H28FN3O4. The summed E-state index contributed by atoms with van der Waals surface area (Å²) < 4.78 is 20.9. The number of urea groups is 1. The summed E-state index contributed by atoms with van der Waals surface area (Å²) in [5, 5.41) is 2.80. The molecule has 2 aromatic heterocycles.